The number of nitrogens with zero attached hydrogens (tertiary/aromatic N) is 2. The van der Waals surface area contributed by atoms with Crippen molar-refractivity contribution in [2.24, 2.45) is 5.92 Å². The summed E-state index contributed by atoms with van der Waals surface area (Å²) < 4.78 is 0. The first-order chi connectivity index (χ1) is 12.5. The van der Waals surface area contributed by atoms with Gasteiger partial charge in [0.2, 0.25) is 5.91 Å². The van der Waals surface area contributed by atoms with Crippen LogP contribution >= 0.6 is 11.3 Å². The maximum atomic E-state index is 12.2. The maximum Gasteiger partial charge on any atom is 0.244 e. The highest BCUT2D eigenvalue weighted by Gasteiger charge is 2.25. The first-order valence-electron chi connectivity index (χ1n) is 9.22. The summed E-state index contributed by atoms with van der Waals surface area (Å²) in [5.41, 5.74) is 3.71. The number of fused-ring (bicyclic) bond motifs is 1. The molecule has 0 fully saturated rings. The van der Waals surface area contributed by atoms with Gasteiger partial charge in [-0.05, 0) is 36.5 Å². The number of nitrogens with one attached hydrogen (secondary N) is 1. The molecule has 0 aliphatic carbocycles. The van der Waals surface area contributed by atoms with Crippen molar-refractivity contribution in [3.05, 3.63) is 57.6 Å². The van der Waals surface area contributed by atoms with E-state index in [1.807, 2.05) is 12.3 Å². The van der Waals surface area contributed by atoms with Crippen molar-refractivity contribution >= 4 is 23.3 Å². The molecule has 1 aliphatic rings. The summed E-state index contributed by atoms with van der Waals surface area (Å²) in [6.07, 6.45) is 4.44. The van der Waals surface area contributed by atoms with Gasteiger partial charge in [-0.3, -0.25) is 9.69 Å². The minimum absolute atomic E-state index is 0.0567. The van der Waals surface area contributed by atoms with Gasteiger partial charge in [-0.25, -0.2) is 4.98 Å². The minimum atomic E-state index is -0.0567. The highest BCUT2D eigenvalue weighted by atomic mass is 32.1. The van der Waals surface area contributed by atoms with Crippen molar-refractivity contribution in [1.29, 1.82) is 0 Å². The molecule has 1 aliphatic heterocycles. The predicted octanol–water partition coefficient (Wildman–Crippen LogP) is 3.66. The number of rotatable bonds is 6. The maximum absolute atomic E-state index is 12.2. The monoisotopic (exact) mass is 369 g/mol. The van der Waals surface area contributed by atoms with Gasteiger partial charge in [0.15, 0.2) is 0 Å². The lowest BCUT2D eigenvalue weighted by molar-refractivity contribution is -0.116. The van der Waals surface area contributed by atoms with E-state index in [1.54, 1.807) is 23.5 Å². The Morgan fingerprint density at radius 2 is 2.12 bits per heavy atom. The number of benzene rings is 1. The molecule has 1 atom stereocenters. The van der Waals surface area contributed by atoms with Crippen LogP contribution in [0.25, 0.3) is 6.08 Å². The molecule has 0 saturated carbocycles. The predicted molar refractivity (Wildman–Crippen MR) is 108 cm³/mol. The van der Waals surface area contributed by atoms with Crippen molar-refractivity contribution < 1.29 is 4.79 Å². The van der Waals surface area contributed by atoms with Gasteiger partial charge < -0.3 is 5.32 Å². The third kappa shape index (κ3) is 4.80. The number of hydrogen-bond donors (Lipinski definition) is 1. The van der Waals surface area contributed by atoms with E-state index in [2.05, 4.69) is 53.3 Å². The van der Waals surface area contributed by atoms with Crippen molar-refractivity contribution in [3.8, 4) is 0 Å². The smallest absolute Gasteiger partial charge is 0.244 e. The number of aromatic nitrogens is 1. The Morgan fingerprint density at radius 3 is 2.81 bits per heavy atom. The molecule has 2 heterocycles. The summed E-state index contributed by atoms with van der Waals surface area (Å²) in [6.45, 7) is 9.09. The number of carbonyl (C=O) groups is 1. The Hall–Kier alpha value is -1.98. The summed E-state index contributed by atoms with van der Waals surface area (Å²) in [5.74, 6) is 0.421. The topological polar surface area (TPSA) is 45.2 Å². The molecular formula is C21H27N3OS. The Labute approximate surface area is 160 Å². The normalized spacial score (nSPS) is 16.0. The molecule has 0 bridgehead atoms. The van der Waals surface area contributed by atoms with Crippen LogP contribution in [-0.4, -0.2) is 34.9 Å². The SMILES string of the molecule is Cc1nc(/C=C/C(=O)NCC(C(C)C)N2CCc3ccccc3C2)cs1. The van der Waals surface area contributed by atoms with E-state index in [0.29, 0.717) is 18.5 Å². The molecular weight excluding hydrogens is 342 g/mol. The molecule has 5 heteroatoms. The number of thiazole rings is 1. The van der Waals surface area contributed by atoms with Crippen LogP contribution in [0.2, 0.25) is 0 Å². The third-order valence-electron chi connectivity index (χ3n) is 4.93. The molecule has 0 saturated heterocycles. The van der Waals surface area contributed by atoms with Gasteiger partial charge in [-0.15, -0.1) is 11.3 Å². The fourth-order valence-corrected chi connectivity index (χ4v) is 4.05. The van der Waals surface area contributed by atoms with Crippen molar-refractivity contribution in [1.82, 2.24) is 15.2 Å². The lowest BCUT2D eigenvalue weighted by Crippen LogP contribution is -2.48. The average molecular weight is 370 g/mol. The van der Waals surface area contributed by atoms with Gasteiger partial charge in [0.25, 0.3) is 0 Å². The second-order valence-electron chi connectivity index (χ2n) is 7.17. The number of aryl methyl sites for hydroxylation is 1. The lowest BCUT2D eigenvalue weighted by Gasteiger charge is -2.37. The van der Waals surface area contributed by atoms with E-state index >= 15 is 0 Å². The zero-order valence-electron chi connectivity index (χ0n) is 15.7. The third-order valence-corrected chi connectivity index (χ3v) is 5.72. The second-order valence-corrected chi connectivity index (χ2v) is 8.23. The molecule has 1 aromatic heterocycles. The van der Waals surface area contributed by atoms with E-state index in [0.717, 1.165) is 30.2 Å². The van der Waals surface area contributed by atoms with Crippen LogP contribution in [-0.2, 0) is 17.8 Å². The summed E-state index contributed by atoms with van der Waals surface area (Å²) >= 11 is 1.59. The number of hydrogen-bond acceptors (Lipinski definition) is 4. The molecule has 1 unspecified atom stereocenters. The zero-order valence-corrected chi connectivity index (χ0v) is 16.6. The Kier molecular flexibility index (Phi) is 6.22. The van der Waals surface area contributed by atoms with Crippen LogP contribution in [0.5, 0.6) is 0 Å². The van der Waals surface area contributed by atoms with Crippen LogP contribution in [0, 0.1) is 12.8 Å². The van der Waals surface area contributed by atoms with E-state index in [-0.39, 0.29) is 5.91 Å². The van der Waals surface area contributed by atoms with Crippen LogP contribution in [0.15, 0.2) is 35.7 Å². The van der Waals surface area contributed by atoms with Gasteiger partial charge >= 0.3 is 0 Å². The second kappa shape index (κ2) is 8.60. The minimum Gasteiger partial charge on any atom is -0.351 e. The summed E-state index contributed by atoms with van der Waals surface area (Å²) in [7, 11) is 0. The van der Waals surface area contributed by atoms with E-state index in [4.69, 9.17) is 0 Å². The Morgan fingerprint density at radius 1 is 1.35 bits per heavy atom. The standard InChI is InChI=1S/C21H27N3OS/c1-15(2)20(24-11-10-17-6-4-5-7-18(17)13-24)12-22-21(25)9-8-19-14-26-16(3)23-19/h4-9,14-15,20H,10-13H2,1-3H3,(H,22,25)/b9-8+. The van der Waals surface area contributed by atoms with Crippen molar-refractivity contribution in [2.75, 3.05) is 13.1 Å². The lowest BCUT2D eigenvalue weighted by atomic mass is 9.95. The summed E-state index contributed by atoms with van der Waals surface area (Å²) in [5, 5.41) is 6.04. The van der Waals surface area contributed by atoms with E-state index in [1.165, 1.54) is 11.1 Å². The molecule has 1 amide bonds. The fraction of sp³-hybridized carbons (Fsp3) is 0.429. The highest BCUT2D eigenvalue weighted by Crippen LogP contribution is 2.22. The van der Waals surface area contributed by atoms with Gasteiger partial charge in [-0.2, -0.15) is 0 Å². The van der Waals surface area contributed by atoms with Crippen LogP contribution in [0.3, 0.4) is 0 Å². The number of carbonyl (C=O) groups excluding carboxylic acids is 1. The van der Waals surface area contributed by atoms with Gasteiger partial charge in [0, 0.05) is 37.1 Å². The van der Waals surface area contributed by atoms with Crippen molar-refractivity contribution in [2.45, 2.75) is 39.8 Å². The molecule has 0 radical (unpaired) electrons. The van der Waals surface area contributed by atoms with Gasteiger partial charge in [-0.1, -0.05) is 38.1 Å². The molecule has 1 aromatic carbocycles. The molecule has 26 heavy (non-hydrogen) atoms. The van der Waals surface area contributed by atoms with Crippen LogP contribution in [0.1, 0.15) is 35.7 Å². The Balaban J connectivity index is 1.57. The molecule has 1 N–H and O–H groups in total. The first kappa shape index (κ1) is 18.8. The molecule has 4 nitrogen and oxygen atoms in total. The summed E-state index contributed by atoms with van der Waals surface area (Å²) in [6, 6.07) is 9.01. The summed E-state index contributed by atoms with van der Waals surface area (Å²) in [4.78, 5) is 19.0. The molecule has 3 rings (SSSR count). The van der Waals surface area contributed by atoms with Gasteiger partial charge in [0.05, 0.1) is 10.7 Å². The first-order valence-corrected chi connectivity index (χ1v) is 10.1. The highest BCUT2D eigenvalue weighted by molar-refractivity contribution is 7.09. The zero-order chi connectivity index (χ0) is 18.5. The quantitative estimate of drug-likeness (QED) is 0.791. The largest absolute Gasteiger partial charge is 0.351 e. The Bertz CT molecular complexity index is 781. The number of amides is 1. The molecule has 0 spiro atoms. The van der Waals surface area contributed by atoms with Crippen LogP contribution in [0.4, 0.5) is 0 Å². The van der Waals surface area contributed by atoms with E-state index in [9.17, 15) is 4.79 Å². The van der Waals surface area contributed by atoms with Gasteiger partial charge in [0.1, 0.15) is 0 Å². The fourth-order valence-electron chi connectivity index (χ4n) is 3.47. The molecule has 138 valence electrons. The van der Waals surface area contributed by atoms with Crippen LogP contribution < -0.4 is 5.32 Å². The van der Waals surface area contributed by atoms with Crippen molar-refractivity contribution in [3.63, 3.8) is 0 Å². The van der Waals surface area contributed by atoms with E-state index < -0.39 is 0 Å². The molecule has 2 aromatic rings. The average Bonchev–Trinajstić information content (AvgIpc) is 3.05.